The Hall–Kier alpha value is -1.06. The van der Waals surface area contributed by atoms with E-state index in [1.807, 2.05) is 19.2 Å². The van der Waals surface area contributed by atoms with Gasteiger partial charge in [-0.2, -0.15) is 0 Å². The van der Waals surface area contributed by atoms with Crippen LogP contribution >= 0.6 is 0 Å². The highest BCUT2D eigenvalue weighted by Crippen LogP contribution is 2.17. The minimum atomic E-state index is 0.371. The van der Waals surface area contributed by atoms with Crippen LogP contribution in [0.2, 0.25) is 0 Å². The van der Waals surface area contributed by atoms with E-state index < -0.39 is 0 Å². The quantitative estimate of drug-likeness (QED) is 0.795. The van der Waals surface area contributed by atoms with Crippen molar-refractivity contribution in [1.29, 1.82) is 0 Å². The summed E-state index contributed by atoms with van der Waals surface area (Å²) >= 11 is 0. The van der Waals surface area contributed by atoms with Crippen LogP contribution < -0.4 is 10.1 Å². The lowest BCUT2D eigenvalue weighted by molar-refractivity contribution is 0.311. The highest BCUT2D eigenvalue weighted by atomic mass is 16.5. The van der Waals surface area contributed by atoms with Gasteiger partial charge in [-0.15, -0.1) is 0 Å². The second kappa shape index (κ2) is 6.51. The van der Waals surface area contributed by atoms with Crippen LogP contribution in [0.25, 0.3) is 0 Å². The van der Waals surface area contributed by atoms with Gasteiger partial charge in [-0.1, -0.05) is 19.1 Å². The number of nitrogens with zero attached hydrogens (tertiary/aromatic N) is 1. The van der Waals surface area contributed by atoms with Gasteiger partial charge in [0.1, 0.15) is 5.75 Å². The predicted octanol–water partition coefficient (Wildman–Crippen LogP) is 1.91. The Morgan fingerprint density at radius 3 is 2.38 bits per heavy atom. The van der Waals surface area contributed by atoms with E-state index in [0.29, 0.717) is 6.04 Å². The summed E-state index contributed by atoms with van der Waals surface area (Å²) in [6.07, 6.45) is 0. The molecule has 1 unspecified atom stereocenters. The van der Waals surface area contributed by atoms with Crippen molar-refractivity contribution in [2.24, 2.45) is 0 Å². The van der Waals surface area contributed by atoms with E-state index in [1.54, 1.807) is 7.11 Å². The molecule has 1 N–H and O–H groups in total. The minimum absolute atomic E-state index is 0.371. The molecule has 0 aliphatic carbocycles. The molecule has 0 saturated heterocycles. The Bertz CT molecular complexity index is 297. The van der Waals surface area contributed by atoms with Crippen molar-refractivity contribution < 1.29 is 4.74 Å². The smallest absolute Gasteiger partial charge is 0.118 e. The highest BCUT2D eigenvalue weighted by Gasteiger charge is 2.10. The van der Waals surface area contributed by atoms with Gasteiger partial charge >= 0.3 is 0 Å². The largest absolute Gasteiger partial charge is 0.497 e. The van der Waals surface area contributed by atoms with Gasteiger partial charge in [0.15, 0.2) is 0 Å². The normalized spacial score (nSPS) is 12.8. The highest BCUT2D eigenvalue weighted by molar-refractivity contribution is 5.29. The fourth-order valence-corrected chi connectivity index (χ4v) is 1.64. The molecule has 0 aliphatic heterocycles. The van der Waals surface area contributed by atoms with Crippen LogP contribution in [0, 0.1) is 0 Å². The maximum atomic E-state index is 5.15. The predicted molar refractivity (Wildman–Crippen MR) is 68.0 cm³/mol. The standard InChI is InChI=1S/C13H22N2O/c1-5-15(3)10-13(14-2)11-6-8-12(16-4)9-7-11/h6-9,13-14H,5,10H2,1-4H3. The molecule has 1 atom stereocenters. The van der Waals surface area contributed by atoms with Gasteiger partial charge in [0.25, 0.3) is 0 Å². The molecule has 3 heteroatoms. The first-order valence-electron chi connectivity index (χ1n) is 5.71. The first kappa shape index (κ1) is 13.0. The molecule has 0 amide bonds. The number of methoxy groups -OCH3 is 1. The Kier molecular flexibility index (Phi) is 5.29. The molecule has 16 heavy (non-hydrogen) atoms. The monoisotopic (exact) mass is 222 g/mol. The van der Waals surface area contributed by atoms with Gasteiger partial charge in [-0.3, -0.25) is 0 Å². The van der Waals surface area contributed by atoms with Gasteiger partial charge in [0.05, 0.1) is 7.11 Å². The van der Waals surface area contributed by atoms with Crippen LogP contribution in [-0.2, 0) is 0 Å². The molecular formula is C13H22N2O. The SMILES string of the molecule is CCN(C)CC(NC)c1ccc(OC)cc1. The summed E-state index contributed by atoms with van der Waals surface area (Å²) in [6.45, 7) is 4.24. The average molecular weight is 222 g/mol. The lowest BCUT2D eigenvalue weighted by atomic mass is 10.1. The number of ether oxygens (including phenoxy) is 1. The first-order valence-corrected chi connectivity index (χ1v) is 5.71. The van der Waals surface area contributed by atoms with Gasteiger partial charge in [0, 0.05) is 12.6 Å². The summed E-state index contributed by atoms with van der Waals surface area (Å²) in [5.41, 5.74) is 1.30. The number of nitrogens with one attached hydrogen (secondary N) is 1. The molecular weight excluding hydrogens is 200 g/mol. The lowest BCUT2D eigenvalue weighted by Gasteiger charge is -2.23. The van der Waals surface area contributed by atoms with Crippen LogP contribution in [0.4, 0.5) is 0 Å². The van der Waals surface area contributed by atoms with Crippen molar-refractivity contribution in [1.82, 2.24) is 10.2 Å². The third kappa shape index (κ3) is 3.51. The Morgan fingerprint density at radius 2 is 1.94 bits per heavy atom. The van der Waals surface area contributed by atoms with Crippen LogP contribution in [0.5, 0.6) is 5.75 Å². The van der Waals surface area contributed by atoms with Crippen molar-refractivity contribution in [3.05, 3.63) is 29.8 Å². The van der Waals surface area contributed by atoms with Crippen LogP contribution in [0.3, 0.4) is 0 Å². The molecule has 0 fully saturated rings. The average Bonchev–Trinajstić information content (AvgIpc) is 2.35. The molecule has 0 saturated carbocycles. The van der Waals surface area contributed by atoms with Crippen LogP contribution in [0.15, 0.2) is 24.3 Å². The van der Waals surface area contributed by atoms with Crippen molar-refractivity contribution in [2.75, 3.05) is 34.3 Å². The van der Waals surface area contributed by atoms with E-state index in [4.69, 9.17) is 4.74 Å². The van der Waals surface area contributed by atoms with Crippen molar-refractivity contribution >= 4 is 0 Å². The topological polar surface area (TPSA) is 24.5 Å². The van der Waals surface area contributed by atoms with E-state index in [0.717, 1.165) is 18.8 Å². The zero-order chi connectivity index (χ0) is 12.0. The van der Waals surface area contributed by atoms with E-state index in [1.165, 1.54) is 5.56 Å². The van der Waals surface area contributed by atoms with E-state index in [9.17, 15) is 0 Å². The molecule has 0 spiro atoms. The number of benzene rings is 1. The summed E-state index contributed by atoms with van der Waals surface area (Å²) in [4.78, 5) is 2.30. The molecule has 1 aromatic rings. The Morgan fingerprint density at radius 1 is 1.31 bits per heavy atom. The molecule has 0 radical (unpaired) electrons. The summed E-state index contributed by atoms with van der Waals surface area (Å²) in [7, 11) is 5.82. The molecule has 90 valence electrons. The van der Waals surface area contributed by atoms with Gasteiger partial charge in [0.2, 0.25) is 0 Å². The summed E-state index contributed by atoms with van der Waals surface area (Å²) in [5, 5.41) is 3.34. The van der Waals surface area contributed by atoms with Crippen LogP contribution in [-0.4, -0.2) is 39.2 Å². The Labute approximate surface area is 98.4 Å². The zero-order valence-corrected chi connectivity index (χ0v) is 10.7. The molecule has 0 bridgehead atoms. The third-order valence-electron chi connectivity index (χ3n) is 2.90. The minimum Gasteiger partial charge on any atom is -0.497 e. The third-order valence-corrected chi connectivity index (χ3v) is 2.90. The van der Waals surface area contributed by atoms with E-state index in [2.05, 4.69) is 36.3 Å². The molecule has 3 nitrogen and oxygen atoms in total. The van der Waals surface area contributed by atoms with Crippen LogP contribution in [0.1, 0.15) is 18.5 Å². The second-order valence-electron chi connectivity index (χ2n) is 3.97. The molecule has 1 rings (SSSR count). The fourth-order valence-electron chi connectivity index (χ4n) is 1.64. The summed E-state index contributed by atoms with van der Waals surface area (Å²) < 4.78 is 5.15. The maximum Gasteiger partial charge on any atom is 0.118 e. The summed E-state index contributed by atoms with van der Waals surface area (Å²) in [6, 6.07) is 8.61. The molecule has 0 aromatic heterocycles. The molecule has 1 aromatic carbocycles. The van der Waals surface area contributed by atoms with E-state index in [-0.39, 0.29) is 0 Å². The van der Waals surface area contributed by atoms with E-state index >= 15 is 0 Å². The zero-order valence-electron chi connectivity index (χ0n) is 10.7. The number of likely N-dealkylation sites (N-methyl/N-ethyl adjacent to an activating group) is 2. The maximum absolute atomic E-state index is 5.15. The number of hydrogen-bond donors (Lipinski definition) is 1. The first-order chi connectivity index (χ1) is 7.71. The summed E-state index contributed by atoms with van der Waals surface area (Å²) in [5.74, 6) is 0.905. The second-order valence-corrected chi connectivity index (χ2v) is 3.97. The molecule has 0 heterocycles. The van der Waals surface area contributed by atoms with Crippen molar-refractivity contribution in [2.45, 2.75) is 13.0 Å². The number of rotatable bonds is 6. The van der Waals surface area contributed by atoms with Gasteiger partial charge in [-0.25, -0.2) is 0 Å². The fraction of sp³-hybridized carbons (Fsp3) is 0.538. The van der Waals surface area contributed by atoms with Crippen molar-refractivity contribution in [3.8, 4) is 5.75 Å². The van der Waals surface area contributed by atoms with Crippen molar-refractivity contribution in [3.63, 3.8) is 0 Å². The number of hydrogen-bond acceptors (Lipinski definition) is 3. The molecule has 0 aliphatic rings. The Balaban J connectivity index is 2.70. The lowest BCUT2D eigenvalue weighted by Crippen LogP contribution is -2.31. The van der Waals surface area contributed by atoms with Gasteiger partial charge < -0.3 is 15.0 Å². The van der Waals surface area contributed by atoms with Gasteiger partial charge in [-0.05, 0) is 38.3 Å².